The fourth-order valence-corrected chi connectivity index (χ4v) is 2.51. The smallest absolute Gasteiger partial charge is 0.173 e. The molecule has 0 spiro atoms. The van der Waals surface area contributed by atoms with Gasteiger partial charge in [0, 0.05) is 13.1 Å². The topological polar surface area (TPSA) is 15.3 Å². The number of halogens is 1. The molecule has 2 rings (SSSR count). The lowest BCUT2D eigenvalue weighted by Gasteiger charge is -2.24. The minimum atomic E-state index is 0.713. The second kappa shape index (κ2) is 6.22. The summed E-state index contributed by atoms with van der Waals surface area (Å²) in [5.41, 5.74) is 0.892. The van der Waals surface area contributed by atoms with Crippen molar-refractivity contribution in [1.29, 1.82) is 0 Å². The standard InChI is InChI=1S/C13H17ClN2S/c14-11-7-3-4-8-12(11)15-13(17)16-9-5-1-2-6-10-16/h3-4,7-8H,1-2,5-6,9-10H2,(H,15,17). The van der Waals surface area contributed by atoms with E-state index < -0.39 is 0 Å². The van der Waals surface area contributed by atoms with E-state index >= 15 is 0 Å². The molecular weight excluding hydrogens is 252 g/mol. The third-order valence-corrected chi connectivity index (χ3v) is 3.70. The number of anilines is 1. The lowest BCUT2D eigenvalue weighted by molar-refractivity contribution is 0.441. The van der Waals surface area contributed by atoms with Crippen molar-refractivity contribution in [3.05, 3.63) is 29.3 Å². The van der Waals surface area contributed by atoms with Crippen molar-refractivity contribution in [2.75, 3.05) is 18.4 Å². The zero-order chi connectivity index (χ0) is 12.1. The minimum absolute atomic E-state index is 0.713. The van der Waals surface area contributed by atoms with Gasteiger partial charge in [0.2, 0.25) is 0 Å². The molecule has 17 heavy (non-hydrogen) atoms. The van der Waals surface area contributed by atoms with Crippen molar-refractivity contribution in [3.63, 3.8) is 0 Å². The summed E-state index contributed by atoms with van der Waals surface area (Å²) < 4.78 is 0. The van der Waals surface area contributed by atoms with Gasteiger partial charge < -0.3 is 10.2 Å². The first-order valence-corrected chi connectivity index (χ1v) is 6.86. The van der Waals surface area contributed by atoms with Crippen molar-refractivity contribution in [1.82, 2.24) is 4.90 Å². The van der Waals surface area contributed by atoms with Crippen LogP contribution in [-0.2, 0) is 0 Å². The van der Waals surface area contributed by atoms with Gasteiger partial charge >= 0.3 is 0 Å². The van der Waals surface area contributed by atoms with Gasteiger partial charge in [-0.2, -0.15) is 0 Å². The van der Waals surface area contributed by atoms with Crippen LogP contribution in [0.4, 0.5) is 5.69 Å². The summed E-state index contributed by atoms with van der Waals surface area (Å²) in [5.74, 6) is 0. The maximum atomic E-state index is 6.10. The van der Waals surface area contributed by atoms with Gasteiger partial charge in [-0.05, 0) is 37.2 Å². The van der Waals surface area contributed by atoms with E-state index in [0.29, 0.717) is 5.02 Å². The van der Waals surface area contributed by atoms with Crippen LogP contribution in [0.5, 0.6) is 0 Å². The minimum Gasteiger partial charge on any atom is -0.349 e. The molecule has 0 bridgehead atoms. The fraction of sp³-hybridized carbons (Fsp3) is 0.462. The SMILES string of the molecule is S=C(Nc1ccccc1Cl)N1CCCCCC1. The van der Waals surface area contributed by atoms with E-state index in [1.54, 1.807) is 0 Å². The highest BCUT2D eigenvalue weighted by atomic mass is 35.5. The van der Waals surface area contributed by atoms with Crippen LogP contribution in [0.25, 0.3) is 0 Å². The fourth-order valence-electron chi connectivity index (χ4n) is 2.03. The summed E-state index contributed by atoms with van der Waals surface area (Å²) in [6.07, 6.45) is 5.07. The highest BCUT2D eigenvalue weighted by molar-refractivity contribution is 7.80. The van der Waals surface area contributed by atoms with Gasteiger partial charge in [0.15, 0.2) is 5.11 Å². The second-order valence-electron chi connectivity index (χ2n) is 4.31. The Morgan fingerprint density at radius 3 is 2.41 bits per heavy atom. The molecule has 0 atom stereocenters. The summed E-state index contributed by atoms with van der Waals surface area (Å²) in [6.45, 7) is 2.10. The molecule has 92 valence electrons. The molecule has 1 aromatic carbocycles. The van der Waals surface area contributed by atoms with Gasteiger partial charge in [-0.25, -0.2) is 0 Å². The normalized spacial score (nSPS) is 16.4. The Hall–Kier alpha value is -0.800. The van der Waals surface area contributed by atoms with E-state index in [0.717, 1.165) is 23.9 Å². The Kier molecular flexibility index (Phi) is 4.63. The molecule has 1 aliphatic rings. The van der Waals surface area contributed by atoms with Crippen LogP contribution in [0.3, 0.4) is 0 Å². The molecule has 0 aromatic heterocycles. The predicted octanol–water partition coefficient (Wildman–Crippen LogP) is 3.91. The first-order chi connectivity index (χ1) is 8.27. The van der Waals surface area contributed by atoms with Crippen molar-refractivity contribution >= 4 is 34.6 Å². The second-order valence-corrected chi connectivity index (χ2v) is 5.11. The van der Waals surface area contributed by atoms with Gasteiger partial charge in [-0.1, -0.05) is 36.6 Å². The zero-order valence-electron chi connectivity index (χ0n) is 9.79. The maximum absolute atomic E-state index is 6.10. The molecule has 1 N–H and O–H groups in total. The molecule has 2 nitrogen and oxygen atoms in total. The molecular formula is C13H17ClN2S. The Morgan fingerprint density at radius 2 is 1.76 bits per heavy atom. The first kappa shape index (κ1) is 12.7. The number of likely N-dealkylation sites (tertiary alicyclic amines) is 1. The van der Waals surface area contributed by atoms with E-state index in [1.807, 2.05) is 24.3 Å². The van der Waals surface area contributed by atoms with Crippen LogP contribution < -0.4 is 5.32 Å². The van der Waals surface area contributed by atoms with Gasteiger partial charge in [-0.15, -0.1) is 0 Å². The lowest BCUT2D eigenvalue weighted by atomic mass is 10.2. The average Bonchev–Trinajstić information content (AvgIpc) is 2.61. The van der Waals surface area contributed by atoms with E-state index in [1.165, 1.54) is 25.7 Å². The van der Waals surface area contributed by atoms with Gasteiger partial charge in [0.05, 0.1) is 10.7 Å². The van der Waals surface area contributed by atoms with E-state index in [9.17, 15) is 0 Å². The van der Waals surface area contributed by atoms with Crippen LogP contribution >= 0.6 is 23.8 Å². The molecule has 1 fully saturated rings. The highest BCUT2D eigenvalue weighted by Crippen LogP contribution is 2.21. The van der Waals surface area contributed by atoms with Crippen molar-refractivity contribution in [3.8, 4) is 0 Å². The van der Waals surface area contributed by atoms with Gasteiger partial charge in [0.1, 0.15) is 0 Å². The molecule has 0 amide bonds. The average molecular weight is 269 g/mol. The predicted molar refractivity (Wildman–Crippen MR) is 77.7 cm³/mol. The van der Waals surface area contributed by atoms with E-state index in [-0.39, 0.29) is 0 Å². The summed E-state index contributed by atoms with van der Waals surface area (Å²) in [7, 11) is 0. The monoisotopic (exact) mass is 268 g/mol. The number of hydrogen-bond donors (Lipinski definition) is 1. The van der Waals surface area contributed by atoms with Crippen LogP contribution in [0.1, 0.15) is 25.7 Å². The molecule has 0 radical (unpaired) electrons. The van der Waals surface area contributed by atoms with Crippen LogP contribution in [0, 0.1) is 0 Å². The molecule has 1 aromatic rings. The quantitative estimate of drug-likeness (QED) is 0.778. The summed E-state index contributed by atoms with van der Waals surface area (Å²) in [4.78, 5) is 2.24. The third kappa shape index (κ3) is 3.58. The Morgan fingerprint density at radius 1 is 1.12 bits per heavy atom. The molecule has 1 heterocycles. The van der Waals surface area contributed by atoms with Crippen molar-refractivity contribution < 1.29 is 0 Å². The number of thiocarbonyl (C=S) groups is 1. The number of rotatable bonds is 1. The van der Waals surface area contributed by atoms with Crippen LogP contribution in [0.15, 0.2) is 24.3 Å². The number of benzene rings is 1. The van der Waals surface area contributed by atoms with E-state index in [2.05, 4.69) is 10.2 Å². The summed E-state index contributed by atoms with van der Waals surface area (Å²) in [5, 5.41) is 4.74. The Labute approximate surface area is 113 Å². The highest BCUT2D eigenvalue weighted by Gasteiger charge is 2.12. The van der Waals surface area contributed by atoms with Crippen molar-refractivity contribution in [2.24, 2.45) is 0 Å². The van der Waals surface area contributed by atoms with Crippen LogP contribution in [-0.4, -0.2) is 23.1 Å². The Balaban J connectivity index is 1.98. The first-order valence-electron chi connectivity index (χ1n) is 6.08. The number of nitrogens with one attached hydrogen (secondary N) is 1. The molecule has 1 aliphatic heterocycles. The molecule has 0 aliphatic carbocycles. The third-order valence-electron chi connectivity index (χ3n) is 3.01. The number of nitrogens with zero attached hydrogens (tertiary/aromatic N) is 1. The summed E-state index contributed by atoms with van der Waals surface area (Å²) >= 11 is 11.5. The lowest BCUT2D eigenvalue weighted by Crippen LogP contribution is -2.35. The number of hydrogen-bond acceptors (Lipinski definition) is 1. The van der Waals surface area contributed by atoms with Crippen molar-refractivity contribution in [2.45, 2.75) is 25.7 Å². The molecule has 4 heteroatoms. The molecule has 0 saturated carbocycles. The largest absolute Gasteiger partial charge is 0.349 e. The summed E-state index contributed by atoms with van der Waals surface area (Å²) in [6, 6.07) is 7.70. The number of para-hydroxylation sites is 1. The van der Waals surface area contributed by atoms with Gasteiger partial charge in [-0.3, -0.25) is 0 Å². The maximum Gasteiger partial charge on any atom is 0.173 e. The Bertz CT molecular complexity index is 387. The molecule has 1 saturated heterocycles. The van der Waals surface area contributed by atoms with Gasteiger partial charge in [0.25, 0.3) is 0 Å². The zero-order valence-corrected chi connectivity index (χ0v) is 11.4. The van der Waals surface area contributed by atoms with Crippen LogP contribution in [0.2, 0.25) is 5.02 Å². The van der Waals surface area contributed by atoms with E-state index in [4.69, 9.17) is 23.8 Å². The molecule has 0 unspecified atom stereocenters.